The van der Waals surface area contributed by atoms with E-state index in [1.807, 2.05) is 35.2 Å². The molecule has 2 N–H and O–H groups in total. The summed E-state index contributed by atoms with van der Waals surface area (Å²) < 4.78 is 5.88. The van der Waals surface area contributed by atoms with E-state index in [2.05, 4.69) is 49.0 Å². The summed E-state index contributed by atoms with van der Waals surface area (Å²) in [5, 5.41) is 3.06. The Morgan fingerprint density at radius 3 is 2.64 bits per heavy atom. The molecule has 4 rings (SSSR count). The summed E-state index contributed by atoms with van der Waals surface area (Å²) >= 11 is 0. The molecule has 2 heterocycles. The van der Waals surface area contributed by atoms with E-state index in [-0.39, 0.29) is 29.9 Å². The quantitative estimate of drug-likeness (QED) is 0.618. The maximum Gasteiger partial charge on any atom is 0.258 e. The molecule has 0 aliphatic carbocycles. The predicted octanol–water partition coefficient (Wildman–Crippen LogP) is 3.97. The second-order valence-corrected chi connectivity index (χ2v) is 9.81. The lowest BCUT2D eigenvalue weighted by molar-refractivity contribution is -0.124. The minimum absolute atomic E-state index is 0.00805. The summed E-state index contributed by atoms with van der Waals surface area (Å²) in [6.07, 6.45) is 3.07. The van der Waals surface area contributed by atoms with Crippen molar-refractivity contribution in [1.29, 1.82) is 0 Å². The van der Waals surface area contributed by atoms with Gasteiger partial charge in [-0.25, -0.2) is 4.98 Å². The molecule has 1 aliphatic rings. The number of rotatable bonds is 5. The monoisotopic (exact) mass is 448 g/mol. The van der Waals surface area contributed by atoms with E-state index in [1.165, 1.54) is 5.56 Å². The van der Waals surface area contributed by atoms with Gasteiger partial charge < -0.3 is 19.9 Å². The average Bonchev–Trinajstić information content (AvgIpc) is 3.25. The van der Waals surface area contributed by atoms with Crippen LogP contribution in [0.5, 0.6) is 5.75 Å². The first-order valence-corrected chi connectivity index (χ1v) is 11.5. The van der Waals surface area contributed by atoms with E-state index >= 15 is 0 Å². The van der Waals surface area contributed by atoms with Crippen LogP contribution in [0.2, 0.25) is 0 Å². The van der Waals surface area contributed by atoms with Gasteiger partial charge in [-0.2, -0.15) is 0 Å². The summed E-state index contributed by atoms with van der Waals surface area (Å²) in [5.41, 5.74) is 4.54. The molecule has 0 atom stereocenters. The van der Waals surface area contributed by atoms with E-state index in [0.717, 1.165) is 35.2 Å². The first-order chi connectivity index (χ1) is 15.7. The Labute approximate surface area is 194 Å². The summed E-state index contributed by atoms with van der Waals surface area (Å²) in [6.45, 7) is 9.66. The lowest BCUT2D eigenvalue weighted by atomic mass is 9.85. The van der Waals surface area contributed by atoms with Crippen molar-refractivity contribution in [3.05, 3.63) is 59.4 Å². The highest BCUT2D eigenvalue weighted by molar-refractivity contribution is 5.97. The zero-order valence-electron chi connectivity index (χ0n) is 19.8. The van der Waals surface area contributed by atoms with Gasteiger partial charge in [0, 0.05) is 24.7 Å². The summed E-state index contributed by atoms with van der Waals surface area (Å²) in [6, 6.07) is 11.6. The van der Waals surface area contributed by atoms with Gasteiger partial charge in [-0.1, -0.05) is 38.5 Å². The van der Waals surface area contributed by atoms with Crippen molar-refractivity contribution in [2.75, 3.05) is 19.7 Å². The standard InChI is InChI=1S/C26H32N4O3/c1-17-5-8-23(20(13-17)26(2,3)4)33-15-24(31)29-19-9-11-30(12-10-19)25(32)18-6-7-21-22(14-18)28-16-27-21/h5-8,13-14,16,19H,9-12,15H2,1-4H3,(H,27,28)(H,29,31). The molecule has 0 saturated carbocycles. The molecule has 174 valence electrons. The molecule has 1 fully saturated rings. The Bertz CT molecular complexity index is 1150. The number of carbonyl (C=O) groups is 2. The Morgan fingerprint density at radius 1 is 1.15 bits per heavy atom. The number of imidazole rings is 1. The average molecular weight is 449 g/mol. The number of hydrogen-bond acceptors (Lipinski definition) is 4. The van der Waals surface area contributed by atoms with Crippen molar-refractivity contribution >= 4 is 22.8 Å². The molecular formula is C26H32N4O3. The lowest BCUT2D eigenvalue weighted by Gasteiger charge is -2.32. The minimum Gasteiger partial charge on any atom is -0.483 e. The number of nitrogens with zero attached hydrogens (tertiary/aromatic N) is 2. The number of hydrogen-bond donors (Lipinski definition) is 2. The van der Waals surface area contributed by atoms with E-state index in [1.54, 1.807) is 6.33 Å². The molecule has 7 heteroatoms. The minimum atomic E-state index is -0.134. The Morgan fingerprint density at radius 2 is 1.91 bits per heavy atom. The SMILES string of the molecule is Cc1ccc(OCC(=O)NC2CCN(C(=O)c3ccc4nc[nH]c4c3)CC2)c(C(C)(C)C)c1. The van der Waals surface area contributed by atoms with Gasteiger partial charge in [0.15, 0.2) is 6.61 Å². The number of nitrogens with one attached hydrogen (secondary N) is 2. The van der Waals surface area contributed by atoms with Gasteiger partial charge in [0.25, 0.3) is 11.8 Å². The summed E-state index contributed by atoms with van der Waals surface area (Å²) in [4.78, 5) is 34.5. The number of aryl methyl sites for hydroxylation is 1. The van der Waals surface area contributed by atoms with E-state index in [9.17, 15) is 9.59 Å². The highest BCUT2D eigenvalue weighted by Gasteiger charge is 2.25. The smallest absolute Gasteiger partial charge is 0.258 e. The number of fused-ring (bicyclic) bond motifs is 1. The molecule has 0 bridgehead atoms. The van der Waals surface area contributed by atoms with Crippen LogP contribution in [0.15, 0.2) is 42.7 Å². The van der Waals surface area contributed by atoms with Crippen molar-refractivity contribution in [3.8, 4) is 5.75 Å². The van der Waals surface area contributed by atoms with Crippen molar-refractivity contribution in [2.24, 2.45) is 0 Å². The number of aromatic amines is 1. The van der Waals surface area contributed by atoms with Crippen LogP contribution in [-0.4, -0.2) is 52.4 Å². The van der Waals surface area contributed by atoms with E-state index in [0.29, 0.717) is 18.7 Å². The number of ether oxygens (including phenoxy) is 1. The fraction of sp³-hybridized carbons (Fsp3) is 0.423. The number of amides is 2. The third-order valence-electron chi connectivity index (χ3n) is 6.12. The maximum absolute atomic E-state index is 12.9. The van der Waals surface area contributed by atoms with Crippen LogP contribution in [-0.2, 0) is 10.2 Å². The zero-order chi connectivity index (χ0) is 23.6. The van der Waals surface area contributed by atoms with Crippen LogP contribution in [0.4, 0.5) is 0 Å². The second kappa shape index (κ2) is 9.25. The molecule has 33 heavy (non-hydrogen) atoms. The first kappa shape index (κ1) is 22.8. The Hall–Kier alpha value is -3.35. The molecule has 0 unspecified atom stereocenters. The molecule has 2 aromatic carbocycles. The maximum atomic E-state index is 12.9. The number of piperidine rings is 1. The Kier molecular flexibility index (Phi) is 6.40. The van der Waals surface area contributed by atoms with Gasteiger partial charge in [-0.05, 0) is 55.0 Å². The molecule has 1 saturated heterocycles. The molecule has 1 aliphatic heterocycles. The number of benzene rings is 2. The highest BCUT2D eigenvalue weighted by Crippen LogP contribution is 2.32. The Balaban J connectivity index is 1.28. The predicted molar refractivity (Wildman–Crippen MR) is 129 cm³/mol. The molecule has 0 spiro atoms. The van der Waals surface area contributed by atoms with Gasteiger partial charge >= 0.3 is 0 Å². The molecule has 7 nitrogen and oxygen atoms in total. The number of H-pyrrole nitrogens is 1. The summed E-state index contributed by atoms with van der Waals surface area (Å²) in [7, 11) is 0. The number of aromatic nitrogens is 2. The van der Waals surface area contributed by atoms with Gasteiger partial charge in [0.2, 0.25) is 0 Å². The molecule has 1 aromatic heterocycles. The summed E-state index contributed by atoms with van der Waals surface area (Å²) in [5.74, 6) is 0.622. The van der Waals surface area contributed by atoms with Gasteiger partial charge in [-0.3, -0.25) is 9.59 Å². The van der Waals surface area contributed by atoms with Crippen molar-refractivity contribution in [2.45, 2.75) is 52.0 Å². The molecule has 0 radical (unpaired) electrons. The lowest BCUT2D eigenvalue weighted by Crippen LogP contribution is -2.47. The molecule has 2 amide bonds. The van der Waals surface area contributed by atoms with Crippen molar-refractivity contribution < 1.29 is 14.3 Å². The third-order valence-corrected chi connectivity index (χ3v) is 6.12. The fourth-order valence-corrected chi connectivity index (χ4v) is 4.25. The number of carbonyl (C=O) groups excluding carboxylic acids is 2. The van der Waals surface area contributed by atoms with E-state index in [4.69, 9.17) is 4.74 Å². The van der Waals surface area contributed by atoms with Crippen molar-refractivity contribution in [1.82, 2.24) is 20.2 Å². The van der Waals surface area contributed by atoms with Crippen LogP contribution in [0.3, 0.4) is 0 Å². The largest absolute Gasteiger partial charge is 0.483 e. The molecular weight excluding hydrogens is 416 g/mol. The van der Waals surface area contributed by atoms with Crippen LogP contribution < -0.4 is 10.1 Å². The fourth-order valence-electron chi connectivity index (χ4n) is 4.25. The normalized spacial score (nSPS) is 15.0. The number of likely N-dealkylation sites (tertiary alicyclic amines) is 1. The first-order valence-electron chi connectivity index (χ1n) is 11.5. The van der Waals surface area contributed by atoms with Gasteiger partial charge in [0.05, 0.1) is 17.4 Å². The van der Waals surface area contributed by atoms with E-state index < -0.39 is 0 Å². The highest BCUT2D eigenvalue weighted by atomic mass is 16.5. The topological polar surface area (TPSA) is 87.3 Å². The van der Waals surface area contributed by atoms with Gasteiger partial charge in [-0.15, -0.1) is 0 Å². The van der Waals surface area contributed by atoms with Crippen LogP contribution >= 0.6 is 0 Å². The zero-order valence-corrected chi connectivity index (χ0v) is 19.8. The van der Waals surface area contributed by atoms with Crippen LogP contribution in [0.25, 0.3) is 11.0 Å². The molecule has 3 aromatic rings. The van der Waals surface area contributed by atoms with Crippen LogP contribution in [0.1, 0.15) is 55.1 Å². The van der Waals surface area contributed by atoms with Crippen molar-refractivity contribution in [3.63, 3.8) is 0 Å². The van der Waals surface area contributed by atoms with Gasteiger partial charge in [0.1, 0.15) is 5.75 Å². The van der Waals surface area contributed by atoms with Crippen LogP contribution in [0, 0.1) is 6.92 Å². The second-order valence-electron chi connectivity index (χ2n) is 9.81. The third kappa shape index (κ3) is 5.35.